The van der Waals surface area contributed by atoms with Gasteiger partial charge in [-0.25, -0.2) is 0 Å². The van der Waals surface area contributed by atoms with Crippen LogP contribution >= 0.6 is 0 Å². The van der Waals surface area contributed by atoms with Gasteiger partial charge >= 0.3 is 0 Å². The largest absolute Gasteiger partial charge is 0.278 e. The van der Waals surface area contributed by atoms with Crippen LogP contribution in [0.1, 0.15) is 32.3 Å². The molecule has 2 aromatic carbocycles. The molecule has 2 unspecified atom stereocenters. The zero-order chi connectivity index (χ0) is 20.6. The molecule has 1 fully saturated rings. The van der Waals surface area contributed by atoms with Crippen LogP contribution in [-0.2, 0) is 20.9 Å². The van der Waals surface area contributed by atoms with Crippen molar-refractivity contribution in [3.63, 3.8) is 0 Å². The number of carbonyl (C=O) groups excluding carboxylic acids is 3. The van der Waals surface area contributed by atoms with Crippen LogP contribution in [0.2, 0.25) is 0 Å². The lowest BCUT2D eigenvalue weighted by Crippen LogP contribution is -2.47. The summed E-state index contributed by atoms with van der Waals surface area (Å²) in [4.78, 5) is 40.8. The van der Waals surface area contributed by atoms with E-state index in [0.29, 0.717) is 17.8 Å². The van der Waals surface area contributed by atoms with Crippen molar-refractivity contribution < 1.29 is 14.4 Å². The van der Waals surface area contributed by atoms with E-state index in [1.54, 1.807) is 6.92 Å². The SMILES string of the molecule is CCC1(C2CC(=O)N(Cc3ccccc3)C2=O)C(=O)N(c2ccccc2)N=C1C. The highest BCUT2D eigenvalue weighted by atomic mass is 16.2. The molecule has 0 aromatic heterocycles. The molecule has 6 heteroatoms. The van der Waals surface area contributed by atoms with E-state index in [9.17, 15) is 14.4 Å². The number of likely N-dealkylation sites (tertiary alicyclic amines) is 1. The number of carbonyl (C=O) groups is 3. The predicted octanol–water partition coefficient (Wildman–Crippen LogP) is 3.38. The molecule has 3 amide bonds. The standard InChI is InChI=1S/C23H23N3O3/c1-3-23(16(2)24-26(22(23)29)18-12-8-5-9-13-18)19-14-20(27)25(21(19)28)15-17-10-6-4-7-11-17/h4-13,19H,3,14-15H2,1-2H3. The molecule has 0 aliphatic carbocycles. The molecular formula is C23H23N3O3. The second-order valence-electron chi connectivity index (χ2n) is 7.52. The highest BCUT2D eigenvalue weighted by Gasteiger charge is 2.60. The first-order valence-corrected chi connectivity index (χ1v) is 9.82. The molecule has 2 atom stereocenters. The number of hydrazone groups is 1. The van der Waals surface area contributed by atoms with Gasteiger partial charge in [-0.15, -0.1) is 0 Å². The minimum atomic E-state index is -1.09. The summed E-state index contributed by atoms with van der Waals surface area (Å²) in [5.74, 6) is -1.50. The molecule has 2 aliphatic rings. The average molecular weight is 389 g/mol. The van der Waals surface area contributed by atoms with Gasteiger partial charge in [0.05, 0.1) is 23.9 Å². The number of anilines is 1. The zero-order valence-corrected chi connectivity index (χ0v) is 16.5. The number of amides is 3. The Balaban J connectivity index is 1.66. The van der Waals surface area contributed by atoms with E-state index in [0.717, 1.165) is 5.56 Å². The normalized spacial score (nSPS) is 24.4. The van der Waals surface area contributed by atoms with Gasteiger partial charge in [0.1, 0.15) is 5.41 Å². The Kier molecular flexibility index (Phi) is 4.78. The van der Waals surface area contributed by atoms with Gasteiger partial charge in [0.2, 0.25) is 11.8 Å². The van der Waals surface area contributed by atoms with Crippen molar-refractivity contribution >= 4 is 29.1 Å². The molecule has 0 bridgehead atoms. The lowest BCUT2D eigenvalue weighted by Gasteiger charge is -2.31. The maximum Gasteiger partial charge on any atom is 0.260 e. The molecule has 148 valence electrons. The van der Waals surface area contributed by atoms with E-state index in [2.05, 4.69) is 5.10 Å². The molecule has 2 aliphatic heterocycles. The molecule has 1 saturated heterocycles. The lowest BCUT2D eigenvalue weighted by molar-refractivity contribution is -0.143. The predicted molar refractivity (Wildman–Crippen MR) is 110 cm³/mol. The maximum atomic E-state index is 13.5. The Morgan fingerprint density at radius 2 is 1.62 bits per heavy atom. The summed E-state index contributed by atoms with van der Waals surface area (Å²) in [6.07, 6.45) is 0.439. The zero-order valence-electron chi connectivity index (χ0n) is 16.5. The number of nitrogens with zero attached hydrogens (tertiary/aromatic N) is 3. The van der Waals surface area contributed by atoms with Crippen molar-refractivity contribution in [3.8, 4) is 0 Å². The van der Waals surface area contributed by atoms with E-state index < -0.39 is 11.3 Å². The second kappa shape index (κ2) is 7.28. The fraction of sp³-hybridized carbons (Fsp3) is 0.304. The highest BCUT2D eigenvalue weighted by molar-refractivity contribution is 6.22. The van der Waals surface area contributed by atoms with Crippen LogP contribution in [-0.4, -0.2) is 28.3 Å². The Labute approximate surface area is 169 Å². The molecular weight excluding hydrogens is 366 g/mol. The van der Waals surface area contributed by atoms with Gasteiger partial charge in [0, 0.05) is 6.42 Å². The first-order valence-electron chi connectivity index (χ1n) is 9.82. The number of hydrogen-bond donors (Lipinski definition) is 0. The highest BCUT2D eigenvalue weighted by Crippen LogP contribution is 2.46. The second-order valence-corrected chi connectivity index (χ2v) is 7.52. The lowest BCUT2D eigenvalue weighted by atomic mass is 9.69. The van der Waals surface area contributed by atoms with E-state index in [1.165, 1.54) is 9.91 Å². The van der Waals surface area contributed by atoms with Gasteiger partial charge in [0.25, 0.3) is 5.91 Å². The molecule has 2 heterocycles. The fourth-order valence-corrected chi connectivity index (χ4v) is 4.43. The van der Waals surface area contributed by atoms with Crippen LogP contribution in [0.25, 0.3) is 0 Å². The molecule has 2 aromatic rings. The van der Waals surface area contributed by atoms with Crippen LogP contribution in [0.15, 0.2) is 65.8 Å². The third-order valence-corrected chi connectivity index (χ3v) is 6.05. The first-order chi connectivity index (χ1) is 14.0. The van der Waals surface area contributed by atoms with Crippen molar-refractivity contribution in [2.75, 3.05) is 5.01 Å². The quantitative estimate of drug-likeness (QED) is 0.736. The van der Waals surface area contributed by atoms with Gasteiger partial charge in [-0.05, 0) is 31.0 Å². The van der Waals surface area contributed by atoms with Gasteiger partial charge in [-0.1, -0.05) is 55.5 Å². The minimum Gasteiger partial charge on any atom is -0.278 e. The van der Waals surface area contributed by atoms with Gasteiger partial charge in [-0.3, -0.25) is 19.3 Å². The summed E-state index contributed by atoms with van der Waals surface area (Å²) in [5.41, 5.74) is 1.04. The van der Waals surface area contributed by atoms with Crippen LogP contribution < -0.4 is 5.01 Å². The summed E-state index contributed by atoms with van der Waals surface area (Å²) in [5, 5.41) is 5.87. The third kappa shape index (κ3) is 2.95. The average Bonchev–Trinajstić information content (AvgIpc) is 3.17. The van der Waals surface area contributed by atoms with Crippen LogP contribution in [0.3, 0.4) is 0 Å². The number of imide groups is 1. The summed E-state index contributed by atoms with van der Waals surface area (Å²) < 4.78 is 0. The molecule has 0 spiro atoms. The Morgan fingerprint density at radius 3 is 2.24 bits per heavy atom. The van der Waals surface area contributed by atoms with E-state index >= 15 is 0 Å². The molecule has 29 heavy (non-hydrogen) atoms. The summed E-state index contributed by atoms with van der Waals surface area (Å²) >= 11 is 0. The maximum absolute atomic E-state index is 13.5. The molecule has 6 nitrogen and oxygen atoms in total. The van der Waals surface area contributed by atoms with Crippen LogP contribution in [0.4, 0.5) is 5.69 Å². The van der Waals surface area contributed by atoms with Gasteiger partial charge in [0.15, 0.2) is 0 Å². The van der Waals surface area contributed by atoms with E-state index in [4.69, 9.17) is 0 Å². The minimum absolute atomic E-state index is 0.0285. The number of benzene rings is 2. The van der Waals surface area contributed by atoms with Gasteiger partial charge in [-0.2, -0.15) is 10.1 Å². The molecule has 0 radical (unpaired) electrons. The Bertz CT molecular complexity index is 987. The van der Waals surface area contributed by atoms with E-state index in [-0.39, 0.29) is 30.7 Å². The summed E-state index contributed by atoms with van der Waals surface area (Å²) in [6.45, 7) is 3.88. The molecule has 4 rings (SSSR count). The summed E-state index contributed by atoms with van der Waals surface area (Å²) in [6, 6.07) is 18.6. The Hall–Kier alpha value is -3.28. The van der Waals surface area contributed by atoms with Crippen molar-refractivity contribution in [2.24, 2.45) is 16.4 Å². The number of rotatable bonds is 5. The molecule has 0 N–H and O–H groups in total. The number of hydrogen-bond acceptors (Lipinski definition) is 4. The van der Waals surface area contributed by atoms with Crippen LogP contribution in [0.5, 0.6) is 0 Å². The fourth-order valence-electron chi connectivity index (χ4n) is 4.43. The van der Waals surface area contributed by atoms with Crippen molar-refractivity contribution in [1.29, 1.82) is 0 Å². The van der Waals surface area contributed by atoms with Crippen molar-refractivity contribution in [3.05, 3.63) is 66.2 Å². The smallest absolute Gasteiger partial charge is 0.260 e. The van der Waals surface area contributed by atoms with Gasteiger partial charge < -0.3 is 0 Å². The van der Waals surface area contributed by atoms with Crippen molar-refractivity contribution in [1.82, 2.24) is 4.90 Å². The molecule has 0 saturated carbocycles. The monoisotopic (exact) mass is 389 g/mol. The summed E-state index contributed by atoms with van der Waals surface area (Å²) in [7, 11) is 0. The topological polar surface area (TPSA) is 70.1 Å². The number of para-hydroxylation sites is 1. The van der Waals surface area contributed by atoms with Crippen molar-refractivity contribution in [2.45, 2.75) is 33.2 Å². The third-order valence-electron chi connectivity index (χ3n) is 6.05. The Morgan fingerprint density at radius 1 is 1.00 bits per heavy atom. The first kappa shape index (κ1) is 19.1. The van der Waals surface area contributed by atoms with Crippen LogP contribution in [0, 0.1) is 11.3 Å². The van der Waals surface area contributed by atoms with E-state index in [1.807, 2.05) is 67.6 Å².